The maximum absolute atomic E-state index is 9.80. The van der Waals surface area contributed by atoms with Gasteiger partial charge in [0.25, 0.3) is 0 Å². The second-order valence-corrected chi connectivity index (χ2v) is 9.73. The van der Waals surface area contributed by atoms with E-state index in [1.807, 2.05) is 30.3 Å². The Labute approximate surface area is 203 Å². The molecule has 0 bridgehead atoms. The van der Waals surface area contributed by atoms with Gasteiger partial charge in [0.2, 0.25) is 5.95 Å². The van der Waals surface area contributed by atoms with Crippen LogP contribution in [0, 0.1) is 0 Å². The van der Waals surface area contributed by atoms with Crippen molar-refractivity contribution in [3.05, 3.63) is 36.5 Å². The second-order valence-electron chi connectivity index (χ2n) is 8.67. The Morgan fingerprint density at radius 1 is 1.26 bits per heavy atom. The standard InChI is InChI=1S/C24H30N6O3S/c1-33-19-6-2-4-16(12-19)21-22(30-10-11-34-24(30)28-21)20-7-8-25-23(27-20)26-17-5-3-9-29(13-17)14-18(32)15-31/h2,4,6-8,12,17-18,31-32H,3,5,9-11,13-15H2,1H3,(H,25,26,27)/t17-,18-/m1/s1. The van der Waals surface area contributed by atoms with Crippen LogP contribution < -0.4 is 10.1 Å². The zero-order valence-electron chi connectivity index (χ0n) is 19.2. The fourth-order valence-corrected chi connectivity index (χ4v) is 5.60. The molecule has 0 saturated carbocycles. The number of rotatable bonds is 8. The average Bonchev–Trinajstić information content (AvgIpc) is 3.46. The highest BCUT2D eigenvalue weighted by Gasteiger charge is 2.26. The molecule has 4 heterocycles. The number of nitrogens with one attached hydrogen (secondary N) is 1. The van der Waals surface area contributed by atoms with Crippen LogP contribution in [0.15, 0.2) is 41.7 Å². The summed E-state index contributed by atoms with van der Waals surface area (Å²) in [5.74, 6) is 2.38. The number of fused-ring (bicyclic) bond motifs is 1. The van der Waals surface area contributed by atoms with Gasteiger partial charge in [0.05, 0.1) is 36.9 Å². The van der Waals surface area contributed by atoms with Crippen LogP contribution in [-0.2, 0) is 6.54 Å². The minimum atomic E-state index is -0.713. The third-order valence-electron chi connectivity index (χ3n) is 6.24. The molecule has 0 amide bonds. The molecule has 3 N–H and O–H groups in total. The van der Waals surface area contributed by atoms with Crippen LogP contribution >= 0.6 is 11.8 Å². The van der Waals surface area contributed by atoms with E-state index >= 15 is 0 Å². The van der Waals surface area contributed by atoms with Crippen molar-refractivity contribution in [2.45, 2.75) is 36.7 Å². The van der Waals surface area contributed by atoms with Crippen molar-refractivity contribution in [1.29, 1.82) is 0 Å². The number of aromatic nitrogens is 4. The summed E-state index contributed by atoms with van der Waals surface area (Å²) in [6, 6.07) is 10.1. The minimum absolute atomic E-state index is 0.180. The Hall–Kier alpha value is -2.66. The summed E-state index contributed by atoms with van der Waals surface area (Å²) in [4.78, 5) is 16.5. The molecule has 180 valence electrons. The summed E-state index contributed by atoms with van der Waals surface area (Å²) in [5, 5.41) is 23.5. The second kappa shape index (κ2) is 10.3. The van der Waals surface area contributed by atoms with E-state index in [4.69, 9.17) is 19.8 Å². The molecule has 2 aliphatic heterocycles. The van der Waals surface area contributed by atoms with E-state index in [-0.39, 0.29) is 12.6 Å². The van der Waals surface area contributed by atoms with Crippen molar-refractivity contribution < 1.29 is 14.9 Å². The van der Waals surface area contributed by atoms with Crippen molar-refractivity contribution in [2.24, 2.45) is 0 Å². The van der Waals surface area contributed by atoms with Gasteiger partial charge in [-0.05, 0) is 37.6 Å². The highest BCUT2D eigenvalue weighted by Crippen LogP contribution is 2.39. The molecule has 0 spiro atoms. The van der Waals surface area contributed by atoms with Crippen molar-refractivity contribution in [2.75, 3.05) is 44.4 Å². The van der Waals surface area contributed by atoms with Crippen LogP contribution in [0.5, 0.6) is 5.75 Å². The molecular weight excluding hydrogens is 452 g/mol. The number of benzene rings is 1. The topological polar surface area (TPSA) is 109 Å². The molecule has 10 heteroatoms. The molecular formula is C24H30N6O3S. The molecule has 3 aromatic rings. The number of imidazole rings is 1. The lowest BCUT2D eigenvalue weighted by molar-refractivity contribution is 0.0517. The molecule has 9 nitrogen and oxygen atoms in total. The van der Waals surface area contributed by atoms with Crippen LogP contribution in [0.4, 0.5) is 5.95 Å². The Balaban J connectivity index is 1.41. The first-order chi connectivity index (χ1) is 16.6. The molecule has 5 rings (SSSR count). The van der Waals surface area contributed by atoms with Crippen LogP contribution in [0.25, 0.3) is 22.6 Å². The Morgan fingerprint density at radius 2 is 2.18 bits per heavy atom. The lowest BCUT2D eigenvalue weighted by Crippen LogP contribution is -2.45. The summed E-state index contributed by atoms with van der Waals surface area (Å²) in [7, 11) is 1.67. The number of likely N-dealkylation sites (tertiary alicyclic amines) is 1. The quantitative estimate of drug-likeness (QED) is 0.446. The van der Waals surface area contributed by atoms with Crippen molar-refractivity contribution >= 4 is 17.7 Å². The van der Waals surface area contributed by atoms with Crippen molar-refractivity contribution in [1.82, 2.24) is 24.4 Å². The zero-order chi connectivity index (χ0) is 23.5. The van der Waals surface area contributed by atoms with Gasteiger partial charge in [-0.1, -0.05) is 23.9 Å². The van der Waals surface area contributed by atoms with Crippen molar-refractivity contribution in [3.63, 3.8) is 0 Å². The average molecular weight is 483 g/mol. The van der Waals surface area contributed by atoms with E-state index in [9.17, 15) is 5.11 Å². The van der Waals surface area contributed by atoms with Crippen LogP contribution in [0.3, 0.4) is 0 Å². The number of anilines is 1. The lowest BCUT2D eigenvalue weighted by atomic mass is 10.1. The van der Waals surface area contributed by atoms with E-state index in [1.54, 1.807) is 25.1 Å². The molecule has 0 unspecified atom stereocenters. The lowest BCUT2D eigenvalue weighted by Gasteiger charge is -2.34. The molecule has 2 atom stereocenters. The molecule has 1 saturated heterocycles. The fourth-order valence-electron chi connectivity index (χ4n) is 4.65. The molecule has 34 heavy (non-hydrogen) atoms. The number of aliphatic hydroxyl groups is 2. The molecule has 0 aliphatic carbocycles. The van der Waals surface area contributed by atoms with Gasteiger partial charge in [0.1, 0.15) is 5.75 Å². The zero-order valence-corrected chi connectivity index (χ0v) is 20.0. The Morgan fingerprint density at radius 3 is 3.03 bits per heavy atom. The van der Waals surface area contributed by atoms with Gasteiger partial charge in [-0.25, -0.2) is 15.0 Å². The summed E-state index contributed by atoms with van der Waals surface area (Å²) in [6.07, 6.45) is 3.10. The number of β-amino-alcohol motifs (C(OH)–C–C–N with tert-alkyl or cyclic N) is 1. The summed E-state index contributed by atoms with van der Waals surface area (Å²) < 4.78 is 7.67. The van der Waals surface area contributed by atoms with Crippen LogP contribution in [0.1, 0.15) is 12.8 Å². The van der Waals surface area contributed by atoms with E-state index in [0.717, 1.165) is 71.8 Å². The molecule has 2 aliphatic rings. The number of piperidine rings is 1. The van der Waals surface area contributed by atoms with Gasteiger partial charge in [0, 0.05) is 43.2 Å². The van der Waals surface area contributed by atoms with E-state index in [2.05, 4.69) is 19.8 Å². The first-order valence-corrected chi connectivity index (χ1v) is 12.6. The Kier molecular flexibility index (Phi) is 7.00. The van der Waals surface area contributed by atoms with Gasteiger partial charge < -0.3 is 24.8 Å². The highest BCUT2D eigenvalue weighted by atomic mass is 32.2. The number of hydrogen-bond donors (Lipinski definition) is 3. The fraction of sp³-hybridized carbons (Fsp3) is 0.458. The maximum Gasteiger partial charge on any atom is 0.223 e. The van der Waals surface area contributed by atoms with Gasteiger partial charge in [-0.15, -0.1) is 0 Å². The summed E-state index contributed by atoms with van der Waals surface area (Å²) in [5.41, 5.74) is 3.72. The number of nitrogens with zero attached hydrogens (tertiary/aromatic N) is 5. The predicted molar refractivity (Wildman–Crippen MR) is 132 cm³/mol. The van der Waals surface area contributed by atoms with Gasteiger partial charge >= 0.3 is 0 Å². The van der Waals surface area contributed by atoms with E-state index in [0.29, 0.717) is 12.5 Å². The van der Waals surface area contributed by atoms with Crippen LogP contribution in [-0.4, -0.2) is 85.9 Å². The van der Waals surface area contributed by atoms with Gasteiger partial charge in [-0.3, -0.25) is 4.90 Å². The molecule has 1 aromatic carbocycles. The number of aliphatic hydroxyl groups excluding tert-OH is 2. The maximum atomic E-state index is 9.80. The molecule has 2 aromatic heterocycles. The molecule has 1 fully saturated rings. The summed E-state index contributed by atoms with van der Waals surface area (Å²) in [6.45, 7) is 2.84. The summed E-state index contributed by atoms with van der Waals surface area (Å²) >= 11 is 1.76. The van der Waals surface area contributed by atoms with Gasteiger partial charge in [-0.2, -0.15) is 0 Å². The van der Waals surface area contributed by atoms with Gasteiger partial charge in [0.15, 0.2) is 5.16 Å². The normalized spacial score (nSPS) is 19.1. The largest absolute Gasteiger partial charge is 0.497 e. The van der Waals surface area contributed by atoms with Crippen molar-refractivity contribution in [3.8, 4) is 28.4 Å². The number of hydrogen-bond acceptors (Lipinski definition) is 9. The minimum Gasteiger partial charge on any atom is -0.497 e. The number of thioether (sulfide) groups is 1. The number of methoxy groups -OCH3 is 1. The number of ether oxygens (including phenoxy) is 1. The van der Waals surface area contributed by atoms with E-state index < -0.39 is 6.10 Å². The van der Waals surface area contributed by atoms with E-state index in [1.165, 1.54) is 0 Å². The smallest absolute Gasteiger partial charge is 0.223 e. The third-order valence-corrected chi connectivity index (χ3v) is 7.20. The monoisotopic (exact) mass is 482 g/mol. The first kappa shape index (κ1) is 23.1. The third kappa shape index (κ3) is 4.90. The first-order valence-electron chi connectivity index (χ1n) is 11.6. The SMILES string of the molecule is COc1cccc(-c2nc3n(c2-c2ccnc(N[C@@H]4CCCN(C[C@@H](O)CO)C4)n2)CCS3)c1. The van der Waals surface area contributed by atoms with Crippen LogP contribution in [0.2, 0.25) is 0 Å². The highest BCUT2D eigenvalue weighted by molar-refractivity contribution is 7.99. The Bertz CT molecular complexity index is 1140. The molecule has 0 radical (unpaired) electrons. The predicted octanol–water partition coefficient (Wildman–Crippen LogP) is 2.35.